The summed E-state index contributed by atoms with van der Waals surface area (Å²) in [5.41, 5.74) is 2.82. The molecule has 0 saturated heterocycles. The largest absolute Gasteiger partial charge is 0.340 e. The monoisotopic (exact) mass is 298 g/mol. The van der Waals surface area contributed by atoms with Gasteiger partial charge in [0, 0.05) is 26.1 Å². The SMILES string of the molecule is CNCCN(C)C(=O)c1cnn(-c2ccccc2)c1C1CC1. The van der Waals surface area contributed by atoms with E-state index in [9.17, 15) is 4.79 Å². The first-order valence-electron chi connectivity index (χ1n) is 7.75. The van der Waals surface area contributed by atoms with Crippen molar-refractivity contribution in [3.63, 3.8) is 0 Å². The van der Waals surface area contributed by atoms with Gasteiger partial charge in [0.2, 0.25) is 0 Å². The second-order valence-electron chi connectivity index (χ2n) is 5.80. The van der Waals surface area contributed by atoms with E-state index in [1.807, 2.05) is 49.1 Å². The number of nitrogens with one attached hydrogen (secondary N) is 1. The van der Waals surface area contributed by atoms with Crippen molar-refractivity contribution in [3.05, 3.63) is 47.8 Å². The molecule has 0 atom stereocenters. The van der Waals surface area contributed by atoms with Crippen LogP contribution in [0.2, 0.25) is 0 Å². The van der Waals surface area contributed by atoms with Crippen molar-refractivity contribution < 1.29 is 4.79 Å². The molecule has 0 radical (unpaired) electrons. The third-order valence-corrected chi connectivity index (χ3v) is 4.05. The number of benzene rings is 1. The van der Waals surface area contributed by atoms with Gasteiger partial charge in [-0.1, -0.05) is 18.2 Å². The summed E-state index contributed by atoms with van der Waals surface area (Å²) in [6.07, 6.45) is 4.00. The average Bonchev–Trinajstić information content (AvgIpc) is 3.31. The second-order valence-corrected chi connectivity index (χ2v) is 5.80. The van der Waals surface area contributed by atoms with E-state index in [4.69, 9.17) is 0 Å². The molecule has 2 aromatic rings. The van der Waals surface area contributed by atoms with Gasteiger partial charge in [0.1, 0.15) is 0 Å². The van der Waals surface area contributed by atoms with Gasteiger partial charge in [-0.2, -0.15) is 5.10 Å². The van der Waals surface area contributed by atoms with Crippen LogP contribution in [0.3, 0.4) is 0 Å². The van der Waals surface area contributed by atoms with Crippen LogP contribution in [0.5, 0.6) is 0 Å². The molecule has 1 aliphatic carbocycles. The third-order valence-electron chi connectivity index (χ3n) is 4.05. The Morgan fingerprint density at radius 1 is 1.36 bits per heavy atom. The third kappa shape index (κ3) is 2.90. The minimum atomic E-state index is 0.0549. The minimum absolute atomic E-state index is 0.0549. The first-order chi connectivity index (χ1) is 10.7. The van der Waals surface area contributed by atoms with Crippen molar-refractivity contribution in [1.82, 2.24) is 20.0 Å². The predicted molar refractivity (Wildman–Crippen MR) is 86.4 cm³/mol. The molecule has 1 aromatic heterocycles. The molecular formula is C17H22N4O. The van der Waals surface area contributed by atoms with E-state index in [1.54, 1.807) is 11.1 Å². The van der Waals surface area contributed by atoms with Crippen LogP contribution in [0.1, 0.15) is 34.8 Å². The number of carbonyl (C=O) groups is 1. The molecule has 0 aliphatic heterocycles. The van der Waals surface area contributed by atoms with Gasteiger partial charge in [0.15, 0.2) is 0 Å². The van der Waals surface area contributed by atoms with E-state index in [0.29, 0.717) is 12.5 Å². The van der Waals surface area contributed by atoms with Crippen LogP contribution in [0, 0.1) is 0 Å². The number of hydrogen-bond acceptors (Lipinski definition) is 3. The zero-order chi connectivity index (χ0) is 15.5. The molecule has 5 nitrogen and oxygen atoms in total. The summed E-state index contributed by atoms with van der Waals surface area (Å²) in [5.74, 6) is 0.513. The lowest BCUT2D eigenvalue weighted by molar-refractivity contribution is 0.0795. The Bertz CT molecular complexity index is 646. The molecule has 3 rings (SSSR count). The number of para-hydroxylation sites is 1. The van der Waals surface area contributed by atoms with Crippen LogP contribution < -0.4 is 5.32 Å². The highest BCUT2D eigenvalue weighted by atomic mass is 16.2. The Kier molecular flexibility index (Phi) is 4.24. The van der Waals surface area contributed by atoms with Crippen molar-refractivity contribution in [2.24, 2.45) is 0 Å². The predicted octanol–water partition coefficient (Wildman–Crippen LogP) is 2.04. The second kappa shape index (κ2) is 6.32. The average molecular weight is 298 g/mol. The van der Waals surface area contributed by atoms with E-state index >= 15 is 0 Å². The van der Waals surface area contributed by atoms with Gasteiger partial charge in [-0.05, 0) is 32.0 Å². The fourth-order valence-electron chi connectivity index (χ4n) is 2.63. The molecule has 1 N–H and O–H groups in total. The van der Waals surface area contributed by atoms with Gasteiger partial charge >= 0.3 is 0 Å². The van der Waals surface area contributed by atoms with Crippen LogP contribution >= 0.6 is 0 Å². The number of nitrogens with zero attached hydrogens (tertiary/aromatic N) is 3. The summed E-state index contributed by atoms with van der Waals surface area (Å²) >= 11 is 0. The molecule has 116 valence electrons. The molecule has 0 bridgehead atoms. The molecule has 0 spiro atoms. The Balaban J connectivity index is 1.92. The lowest BCUT2D eigenvalue weighted by Gasteiger charge is -2.17. The van der Waals surface area contributed by atoms with Crippen molar-refractivity contribution in [1.29, 1.82) is 0 Å². The Hall–Kier alpha value is -2.14. The Morgan fingerprint density at radius 3 is 2.73 bits per heavy atom. The quantitative estimate of drug-likeness (QED) is 0.888. The number of amides is 1. The Labute approximate surface area is 130 Å². The highest BCUT2D eigenvalue weighted by Crippen LogP contribution is 2.42. The van der Waals surface area contributed by atoms with Gasteiger partial charge in [-0.15, -0.1) is 0 Å². The molecule has 5 heteroatoms. The zero-order valence-corrected chi connectivity index (χ0v) is 13.1. The first-order valence-corrected chi connectivity index (χ1v) is 7.75. The fourth-order valence-corrected chi connectivity index (χ4v) is 2.63. The normalized spacial score (nSPS) is 14.1. The standard InChI is InChI=1S/C17H22N4O/c1-18-10-11-20(2)17(22)15-12-19-21(16(15)13-8-9-13)14-6-4-3-5-7-14/h3-7,12-13,18H,8-11H2,1-2H3. The van der Waals surface area contributed by atoms with Crippen molar-refractivity contribution in [2.75, 3.05) is 27.2 Å². The maximum atomic E-state index is 12.7. The number of aromatic nitrogens is 2. The summed E-state index contributed by atoms with van der Waals surface area (Å²) in [6, 6.07) is 10.0. The molecule has 1 amide bonds. The summed E-state index contributed by atoms with van der Waals surface area (Å²) in [5, 5.41) is 7.56. The molecule has 22 heavy (non-hydrogen) atoms. The molecule has 1 aliphatic rings. The van der Waals surface area contributed by atoms with Gasteiger partial charge in [-0.3, -0.25) is 4.79 Å². The van der Waals surface area contributed by atoms with Crippen molar-refractivity contribution in [2.45, 2.75) is 18.8 Å². The maximum Gasteiger partial charge on any atom is 0.257 e. The highest BCUT2D eigenvalue weighted by molar-refractivity contribution is 5.95. The molecule has 1 heterocycles. The van der Waals surface area contributed by atoms with E-state index in [0.717, 1.165) is 36.3 Å². The van der Waals surface area contributed by atoms with Gasteiger partial charge in [-0.25, -0.2) is 4.68 Å². The molecule has 1 fully saturated rings. The van der Waals surface area contributed by atoms with Crippen molar-refractivity contribution >= 4 is 5.91 Å². The molecule has 0 unspecified atom stereocenters. The smallest absolute Gasteiger partial charge is 0.257 e. The molecule has 1 aromatic carbocycles. The first kappa shape index (κ1) is 14.8. The summed E-state index contributed by atoms with van der Waals surface area (Å²) in [6.45, 7) is 1.48. The van der Waals surface area contributed by atoms with E-state index in [1.165, 1.54) is 0 Å². The number of hydrogen-bond donors (Lipinski definition) is 1. The van der Waals surface area contributed by atoms with Crippen LogP contribution in [0.25, 0.3) is 5.69 Å². The minimum Gasteiger partial charge on any atom is -0.340 e. The van der Waals surface area contributed by atoms with Gasteiger partial charge < -0.3 is 10.2 Å². The molecule has 1 saturated carbocycles. The number of carbonyl (C=O) groups excluding carboxylic acids is 1. The van der Waals surface area contributed by atoms with Crippen molar-refractivity contribution in [3.8, 4) is 5.69 Å². The summed E-state index contributed by atoms with van der Waals surface area (Å²) in [7, 11) is 3.73. The van der Waals surface area contributed by atoms with Gasteiger partial charge in [0.05, 0.1) is 23.1 Å². The Morgan fingerprint density at radius 2 is 2.09 bits per heavy atom. The molecular weight excluding hydrogens is 276 g/mol. The van der Waals surface area contributed by atoms with E-state index in [2.05, 4.69) is 10.4 Å². The fraction of sp³-hybridized carbons (Fsp3) is 0.412. The highest BCUT2D eigenvalue weighted by Gasteiger charge is 2.33. The van der Waals surface area contributed by atoms with Crippen LogP contribution in [0.4, 0.5) is 0 Å². The lowest BCUT2D eigenvalue weighted by Crippen LogP contribution is -2.33. The van der Waals surface area contributed by atoms with Crippen LogP contribution in [-0.2, 0) is 0 Å². The number of likely N-dealkylation sites (N-methyl/N-ethyl adjacent to an activating group) is 2. The van der Waals surface area contributed by atoms with E-state index in [-0.39, 0.29) is 5.91 Å². The zero-order valence-electron chi connectivity index (χ0n) is 13.1. The van der Waals surface area contributed by atoms with Gasteiger partial charge in [0.25, 0.3) is 5.91 Å². The van der Waals surface area contributed by atoms with Crippen LogP contribution in [-0.4, -0.2) is 47.8 Å². The summed E-state index contributed by atoms with van der Waals surface area (Å²) in [4.78, 5) is 14.5. The van der Waals surface area contributed by atoms with E-state index < -0.39 is 0 Å². The lowest BCUT2D eigenvalue weighted by atomic mass is 10.1. The van der Waals surface area contributed by atoms with Crippen LogP contribution in [0.15, 0.2) is 36.5 Å². The topological polar surface area (TPSA) is 50.2 Å². The number of rotatable bonds is 6. The summed E-state index contributed by atoms with van der Waals surface area (Å²) < 4.78 is 1.93. The maximum absolute atomic E-state index is 12.7.